The highest BCUT2D eigenvalue weighted by molar-refractivity contribution is 7.22. The molecule has 4 heteroatoms. The van der Waals surface area contributed by atoms with Gasteiger partial charge in [-0.2, -0.15) is 0 Å². The van der Waals surface area contributed by atoms with E-state index < -0.39 is 0 Å². The molecule has 0 aliphatic rings. The van der Waals surface area contributed by atoms with Crippen molar-refractivity contribution in [3.8, 4) is 0 Å². The van der Waals surface area contributed by atoms with Gasteiger partial charge in [-0.1, -0.05) is 17.4 Å². The molecule has 0 atom stereocenters. The van der Waals surface area contributed by atoms with Gasteiger partial charge >= 0.3 is 0 Å². The molecule has 0 radical (unpaired) electrons. The maximum Gasteiger partial charge on any atom is 0.188 e. The van der Waals surface area contributed by atoms with E-state index in [1.165, 1.54) is 20.3 Å². The molecule has 1 N–H and O–H groups in total. The number of hydrogen-bond acceptors (Lipinski definition) is 4. The Balaban J connectivity index is 1.72. The third-order valence-corrected chi connectivity index (χ3v) is 5.10. The Kier molecular flexibility index (Phi) is 2.72. The normalized spacial score (nSPS) is 11.2. The fourth-order valence-electron chi connectivity index (χ4n) is 2.26. The fraction of sp³-hybridized carbons (Fsp3) is 0.0625. The number of nitrogens with zero attached hydrogens (tertiary/aromatic N) is 1. The largest absolute Gasteiger partial charge is 0.332 e. The maximum absolute atomic E-state index is 4.65. The van der Waals surface area contributed by atoms with E-state index in [0.29, 0.717) is 0 Å². The van der Waals surface area contributed by atoms with Crippen LogP contribution in [0.2, 0.25) is 0 Å². The molecule has 4 rings (SSSR count). The van der Waals surface area contributed by atoms with Crippen molar-refractivity contribution in [2.24, 2.45) is 0 Å². The topological polar surface area (TPSA) is 24.9 Å². The Hall–Kier alpha value is -1.91. The van der Waals surface area contributed by atoms with Crippen molar-refractivity contribution < 1.29 is 0 Å². The van der Waals surface area contributed by atoms with Gasteiger partial charge in [0, 0.05) is 10.4 Å². The van der Waals surface area contributed by atoms with Gasteiger partial charge in [-0.25, -0.2) is 4.98 Å². The summed E-state index contributed by atoms with van der Waals surface area (Å²) in [6.07, 6.45) is 0. The van der Waals surface area contributed by atoms with Gasteiger partial charge in [-0.05, 0) is 59.7 Å². The number of thiophene rings is 1. The molecule has 2 nitrogen and oxygen atoms in total. The second kappa shape index (κ2) is 4.58. The van der Waals surface area contributed by atoms with E-state index in [1.54, 1.807) is 22.7 Å². The zero-order valence-electron chi connectivity index (χ0n) is 10.9. The first kappa shape index (κ1) is 11.9. The molecule has 0 saturated heterocycles. The van der Waals surface area contributed by atoms with Crippen LogP contribution in [0.5, 0.6) is 0 Å². The minimum Gasteiger partial charge on any atom is -0.332 e. The molecule has 0 amide bonds. The van der Waals surface area contributed by atoms with E-state index in [-0.39, 0.29) is 0 Å². The first-order valence-electron chi connectivity index (χ1n) is 6.39. The highest BCUT2D eigenvalue weighted by Crippen LogP contribution is 2.30. The molecule has 2 aromatic heterocycles. The van der Waals surface area contributed by atoms with Crippen LogP contribution in [-0.2, 0) is 0 Å². The van der Waals surface area contributed by atoms with E-state index >= 15 is 0 Å². The molecule has 2 heterocycles. The van der Waals surface area contributed by atoms with Gasteiger partial charge in [0.1, 0.15) is 0 Å². The lowest BCUT2D eigenvalue weighted by Gasteiger charge is -2.01. The molecule has 2 aromatic carbocycles. The van der Waals surface area contributed by atoms with Gasteiger partial charge in [0.15, 0.2) is 5.13 Å². The van der Waals surface area contributed by atoms with Crippen molar-refractivity contribution in [2.75, 3.05) is 5.32 Å². The summed E-state index contributed by atoms with van der Waals surface area (Å²) in [6.45, 7) is 2.09. The fourth-order valence-corrected chi connectivity index (χ4v) is 3.90. The summed E-state index contributed by atoms with van der Waals surface area (Å²) < 4.78 is 2.53. The molecular weight excluding hydrogens is 284 g/mol. The predicted octanol–water partition coefficient (Wildman–Crippen LogP) is 5.56. The van der Waals surface area contributed by atoms with Crippen LogP contribution in [0.3, 0.4) is 0 Å². The quantitative estimate of drug-likeness (QED) is 0.523. The smallest absolute Gasteiger partial charge is 0.188 e. The highest BCUT2D eigenvalue weighted by Gasteiger charge is 2.05. The van der Waals surface area contributed by atoms with E-state index in [4.69, 9.17) is 0 Å². The van der Waals surface area contributed by atoms with Crippen LogP contribution in [0, 0.1) is 6.92 Å². The summed E-state index contributed by atoms with van der Waals surface area (Å²) in [4.78, 5) is 4.65. The van der Waals surface area contributed by atoms with Gasteiger partial charge in [0.25, 0.3) is 0 Å². The van der Waals surface area contributed by atoms with Crippen LogP contribution in [0.4, 0.5) is 10.8 Å². The first-order chi connectivity index (χ1) is 9.78. The number of benzene rings is 2. The molecule has 0 bridgehead atoms. The van der Waals surface area contributed by atoms with Crippen molar-refractivity contribution in [3.05, 3.63) is 53.4 Å². The van der Waals surface area contributed by atoms with Crippen LogP contribution < -0.4 is 5.32 Å². The molecule has 0 aliphatic heterocycles. The number of fused-ring (bicyclic) bond motifs is 2. The van der Waals surface area contributed by atoms with Crippen LogP contribution in [0.25, 0.3) is 20.3 Å². The number of thiazole rings is 1. The monoisotopic (exact) mass is 296 g/mol. The zero-order valence-corrected chi connectivity index (χ0v) is 12.5. The predicted molar refractivity (Wildman–Crippen MR) is 89.5 cm³/mol. The van der Waals surface area contributed by atoms with Gasteiger partial charge in [-0.3, -0.25) is 0 Å². The van der Waals surface area contributed by atoms with E-state index in [1.807, 2.05) is 0 Å². The number of anilines is 2. The Morgan fingerprint density at radius 2 is 1.90 bits per heavy atom. The van der Waals surface area contributed by atoms with Gasteiger partial charge in [0.05, 0.1) is 10.2 Å². The van der Waals surface area contributed by atoms with Gasteiger partial charge in [-0.15, -0.1) is 11.3 Å². The van der Waals surface area contributed by atoms with Crippen molar-refractivity contribution in [1.29, 1.82) is 0 Å². The molecule has 98 valence electrons. The molecule has 0 fully saturated rings. The van der Waals surface area contributed by atoms with Crippen molar-refractivity contribution in [2.45, 2.75) is 6.92 Å². The van der Waals surface area contributed by atoms with Crippen LogP contribution in [0.15, 0.2) is 47.8 Å². The van der Waals surface area contributed by atoms with Crippen molar-refractivity contribution in [3.63, 3.8) is 0 Å². The Bertz CT molecular complexity index is 905. The average molecular weight is 296 g/mol. The second-order valence-corrected chi connectivity index (χ2v) is 6.77. The van der Waals surface area contributed by atoms with Crippen LogP contribution >= 0.6 is 22.7 Å². The molecule has 0 spiro atoms. The summed E-state index contributed by atoms with van der Waals surface area (Å²) in [6, 6.07) is 15.0. The number of rotatable bonds is 2. The van der Waals surface area contributed by atoms with Crippen molar-refractivity contribution in [1.82, 2.24) is 4.98 Å². The highest BCUT2D eigenvalue weighted by atomic mass is 32.1. The third kappa shape index (κ3) is 2.07. The van der Waals surface area contributed by atoms with Gasteiger partial charge < -0.3 is 5.32 Å². The van der Waals surface area contributed by atoms with Gasteiger partial charge in [0.2, 0.25) is 0 Å². The summed E-state index contributed by atoms with van der Waals surface area (Å²) in [7, 11) is 0. The summed E-state index contributed by atoms with van der Waals surface area (Å²) in [5.74, 6) is 0. The Morgan fingerprint density at radius 3 is 2.85 bits per heavy atom. The summed E-state index contributed by atoms with van der Waals surface area (Å²) >= 11 is 3.46. The van der Waals surface area contributed by atoms with Crippen LogP contribution in [-0.4, -0.2) is 4.98 Å². The maximum atomic E-state index is 4.65. The number of nitrogens with one attached hydrogen (secondary N) is 1. The number of aryl methyl sites for hydroxylation is 1. The lowest BCUT2D eigenvalue weighted by atomic mass is 10.2. The number of hydrogen-bond donors (Lipinski definition) is 1. The molecule has 20 heavy (non-hydrogen) atoms. The Morgan fingerprint density at radius 1 is 1.00 bits per heavy atom. The van der Waals surface area contributed by atoms with E-state index in [0.717, 1.165) is 16.3 Å². The molecular formula is C16H12N2S2. The standard InChI is InChI=1S/C16H12N2S2/c1-10-2-4-15-13(8-10)18-16(20-15)17-12-3-5-14-11(9-12)6-7-19-14/h2-9H,1H3,(H,17,18). The average Bonchev–Trinajstić information content (AvgIpc) is 3.03. The zero-order chi connectivity index (χ0) is 13.5. The molecule has 0 saturated carbocycles. The Labute approximate surface area is 124 Å². The summed E-state index contributed by atoms with van der Waals surface area (Å²) in [5.41, 5.74) is 3.40. The third-order valence-electron chi connectivity index (χ3n) is 3.25. The second-order valence-electron chi connectivity index (χ2n) is 4.79. The molecule has 0 aliphatic carbocycles. The van der Waals surface area contributed by atoms with E-state index in [2.05, 4.69) is 65.1 Å². The number of aromatic nitrogens is 1. The molecule has 0 unspecified atom stereocenters. The SMILES string of the molecule is Cc1ccc2sc(Nc3ccc4sccc4c3)nc2c1. The lowest BCUT2D eigenvalue weighted by Crippen LogP contribution is -1.88. The van der Waals surface area contributed by atoms with Crippen LogP contribution in [0.1, 0.15) is 5.56 Å². The lowest BCUT2D eigenvalue weighted by molar-refractivity contribution is 1.42. The van der Waals surface area contributed by atoms with Crippen molar-refractivity contribution >= 4 is 53.8 Å². The van der Waals surface area contributed by atoms with E-state index in [9.17, 15) is 0 Å². The first-order valence-corrected chi connectivity index (χ1v) is 8.09. The summed E-state index contributed by atoms with van der Waals surface area (Å²) in [5, 5.41) is 7.75. The minimum absolute atomic E-state index is 0.945. The molecule has 4 aromatic rings. The minimum atomic E-state index is 0.945.